The van der Waals surface area contributed by atoms with Crippen LogP contribution in [-0.4, -0.2) is 49.1 Å². The summed E-state index contributed by atoms with van der Waals surface area (Å²) in [4.78, 5) is 32.6. The van der Waals surface area contributed by atoms with E-state index in [9.17, 15) is 19.1 Å². The second-order valence-electron chi connectivity index (χ2n) is 5.96. The molecule has 116 valence electrons. The van der Waals surface area contributed by atoms with Gasteiger partial charge < -0.3 is 20.0 Å². The first kappa shape index (κ1) is 16.3. The number of fused-ring (bicyclic) bond motifs is 1. The highest BCUT2D eigenvalue weighted by Crippen LogP contribution is 2.62. The Bertz CT molecular complexity index is 439. The van der Waals surface area contributed by atoms with E-state index in [-0.39, 0.29) is 17.3 Å². The minimum absolute atomic E-state index is 0.156. The van der Waals surface area contributed by atoms with E-state index in [1.165, 1.54) is 16.7 Å². The third-order valence-corrected chi connectivity index (χ3v) is 7.13. The van der Waals surface area contributed by atoms with E-state index >= 15 is 0 Å². The normalized spacial score (nSPS) is 32.1. The molecule has 0 aromatic rings. The Morgan fingerprint density at radius 2 is 2.05 bits per heavy atom. The number of carbonyl (C=O) groups excluding carboxylic acids is 1. The van der Waals surface area contributed by atoms with E-state index in [0.29, 0.717) is 0 Å². The van der Waals surface area contributed by atoms with Gasteiger partial charge in [0, 0.05) is 4.75 Å². The van der Waals surface area contributed by atoms with Gasteiger partial charge in [0.2, 0.25) is 5.91 Å². The zero-order valence-corrected chi connectivity index (χ0v) is 13.8. The molecule has 2 aliphatic heterocycles. The van der Waals surface area contributed by atoms with Gasteiger partial charge in [-0.15, -0.1) is 11.8 Å². The van der Waals surface area contributed by atoms with E-state index in [2.05, 4.69) is 12.2 Å². The van der Waals surface area contributed by atoms with Gasteiger partial charge in [-0.05, 0) is 26.8 Å². The maximum Gasteiger partial charge on any atom is 0.349 e. The summed E-state index contributed by atoms with van der Waals surface area (Å²) in [6.07, 6.45) is 3.26. The lowest BCUT2D eigenvalue weighted by Gasteiger charge is -2.45. The molecule has 0 aromatic heterocycles. The van der Waals surface area contributed by atoms with Gasteiger partial charge in [0.05, 0.1) is 0 Å². The molecule has 0 aromatic carbocycles. The lowest BCUT2D eigenvalue weighted by molar-refractivity contribution is -0.147. The molecule has 6 nitrogen and oxygen atoms in total. The van der Waals surface area contributed by atoms with Crippen LogP contribution in [0.5, 0.6) is 0 Å². The highest BCUT2D eigenvalue weighted by atomic mass is 32.2. The Morgan fingerprint density at radius 3 is 2.60 bits per heavy atom. The first-order valence-electron chi connectivity index (χ1n) is 6.98. The SMILES string of the molecule is CCCCCNC1C(=O)N2C(P(=O)(O)O)C(C)(C)S[C@@H]12. The van der Waals surface area contributed by atoms with Gasteiger partial charge in [0.25, 0.3) is 0 Å². The number of unbranched alkanes of at least 4 members (excludes halogenated alkanes) is 2. The van der Waals surface area contributed by atoms with E-state index < -0.39 is 18.1 Å². The maximum absolute atomic E-state index is 12.2. The molecule has 0 spiro atoms. The van der Waals surface area contributed by atoms with Crippen molar-refractivity contribution >= 4 is 25.3 Å². The van der Waals surface area contributed by atoms with E-state index in [1.807, 2.05) is 0 Å². The number of amides is 1. The van der Waals surface area contributed by atoms with Gasteiger partial charge in [-0.3, -0.25) is 9.36 Å². The minimum atomic E-state index is -4.32. The van der Waals surface area contributed by atoms with Crippen molar-refractivity contribution in [3.63, 3.8) is 0 Å². The molecule has 3 atom stereocenters. The molecule has 0 aliphatic carbocycles. The number of β-lactam (4-membered cyclic amide) rings is 1. The fourth-order valence-electron chi connectivity index (χ4n) is 2.97. The van der Waals surface area contributed by atoms with Crippen molar-refractivity contribution < 1.29 is 19.1 Å². The average molecular weight is 322 g/mol. The van der Waals surface area contributed by atoms with Gasteiger partial charge in [0.1, 0.15) is 17.2 Å². The summed E-state index contributed by atoms with van der Waals surface area (Å²) >= 11 is 1.48. The molecule has 20 heavy (non-hydrogen) atoms. The summed E-state index contributed by atoms with van der Waals surface area (Å²) in [5, 5.41) is 3.06. The first-order valence-corrected chi connectivity index (χ1v) is 9.55. The van der Waals surface area contributed by atoms with Crippen molar-refractivity contribution in [2.45, 2.75) is 62.0 Å². The number of thioether (sulfide) groups is 1. The molecule has 3 N–H and O–H groups in total. The number of nitrogens with zero attached hydrogens (tertiary/aromatic N) is 1. The number of nitrogens with one attached hydrogen (secondary N) is 1. The topological polar surface area (TPSA) is 89.9 Å². The molecule has 2 fully saturated rings. The molecule has 2 aliphatic rings. The van der Waals surface area contributed by atoms with Gasteiger partial charge in [-0.2, -0.15) is 0 Å². The van der Waals surface area contributed by atoms with Crippen LogP contribution in [-0.2, 0) is 9.36 Å². The van der Waals surface area contributed by atoms with Gasteiger partial charge in [0.15, 0.2) is 0 Å². The maximum atomic E-state index is 12.2. The lowest BCUT2D eigenvalue weighted by Crippen LogP contribution is -2.68. The Morgan fingerprint density at radius 1 is 1.40 bits per heavy atom. The number of hydrogen-bond donors (Lipinski definition) is 3. The number of carbonyl (C=O) groups is 1. The predicted molar refractivity (Wildman–Crippen MR) is 79.5 cm³/mol. The first-order chi connectivity index (χ1) is 9.20. The van der Waals surface area contributed by atoms with Crippen LogP contribution < -0.4 is 5.32 Å². The summed E-state index contributed by atoms with van der Waals surface area (Å²) in [5.74, 6) is -1.19. The van der Waals surface area contributed by atoms with E-state index in [1.54, 1.807) is 13.8 Å². The fourth-order valence-corrected chi connectivity index (χ4v) is 6.59. The highest BCUT2D eigenvalue weighted by molar-refractivity contribution is 8.02. The summed E-state index contributed by atoms with van der Waals surface area (Å²) < 4.78 is 11.0. The van der Waals surface area contributed by atoms with Crippen molar-refractivity contribution in [3.05, 3.63) is 0 Å². The van der Waals surface area contributed by atoms with Crippen molar-refractivity contribution in [1.29, 1.82) is 0 Å². The molecule has 8 heteroatoms. The van der Waals surface area contributed by atoms with Crippen LogP contribution in [0.25, 0.3) is 0 Å². The summed E-state index contributed by atoms with van der Waals surface area (Å²) in [7, 11) is -4.32. The highest BCUT2D eigenvalue weighted by Gasteiger charge is 2.65. The molecule has 2 rings (SSSR count). The van der Waals surface area contributed by atoms with Crippen molar-refractivity contribution in [3.8, 4) is 0 Å². The fraction of sp³-hybridized carbons (Fsp3) is 0.917. The van der Waals surface area contributed by atoms with E-state index in [4.69, 9.17) is 0 Å². The zero-order chi connectivity index (χ0) is 15.1. The Balaban J connectivity index is 2.02. The molecule has 0 saturated carbocycles. The summed E-state index contributed by atoms with van der Waals surface area (Å²) in [6.45, 7) is 6.48. The van der Waals surface area contributed by atoms with Crippen LogP contribution in [0.2, 0.25) is 0 Å². The molecule has 2 heterocycles. The Labute approximate surface area is 123 Å². The third-order valence-electron chi connectivity index (χ3n) is 3.85. The molecule has 1 amide bonds. The zero-order valence-electron chi connectivity index (χ0n) is 12.1. The standard InChI is InChI=1S/C12H23N2O4PS/c1-4-5-6-7-13-8-9(15)14-10(8)20-12(2,3)11(14)19(16,17)18/h8,10-11,13H,4-7H2,1-3H3,(H2,16,17,18)/t8?,10-,11?/m0/s1. The van der Waals surface area contributed by atoms with Crippen LogP contribution in [0.3, 0.4) is 0 Å². The average Bonchev–Trinajstić information content (AvgIpc) is 2.57. The van der Waals surface area contributed by atoms with Crippen LogP contribution in [0.15, 0.2) is 0 Å². The smallest absolute Gasteiger partial charge is 0.323 e. The van der Waals surface area contributed by atoms with Gasteiger partial charge in [-0.1, -0.05) is 19.8 Å². The van der Waals surface area contributed by atoms with Gasteiger partial charge >= 0.3 is 7.60 Å². The molecule has 2 saturated heterocycles. The summed E-state index contributed by atoms with van der Waals surface area (Å²) in [6, 6.07) is -0.298. The van der Waals surface area contributed by atoms with Crippen LogP contribution in [0.1, 0.15) is 40.0 Å². The molecule has 0 bridgehead atoms. The second-order valence-corrected chi connectivity index (χ2v) is 9.40. The molecular weight excluding hydrogens is 299 g/mol. The quantitative estimate of drug-likeness (QED) is 0.388. The number of hydrogen-bond acceptors (Lipinski definition) is 4. The molecule has 0 radical (unpaired) electrons. The molecular formula is C12H23N2O4PS. The lowest BCUT2D eigenvalue weighted by atomic mass is 10.0. The predicted octanol–water partition coefficient (Wildman–Crippen LogP) is 1.33. The van der Waals surface area contributed by atoms with Crippen LogP contribution in [0.4, 0.5) is 0 Å². The van der Waals surface area contributed by atoms with Crippen molar-refractivity contribution in [2.75, 3.05) is 6.54 Å². The summed E-state index contributed by atoms with van der Waals surface area (Å²) in [5.41, 5.74) is 0. The monoisotopic (exact) mass is 322 g/mol. The van der Waals surface area contributed by atoms with Crippen molar-refractivity contribution in [2.24, 2.45) is 0 Å². The van der Waals surface area contributed by atoms with Gasteiger partial charge in [-0.25, -0.2) is 0 Å². The molecule has 2 unspecified atom stereocenters. The van der Waals surface area contributed by atoms with Crippen molar-refractivity contribution in [1.82, 2.24) is 10.2 Å². The third kappa shape index (κ3) is 2.79. The second kappa shape index (κ2) is 5.61. The minimum Gasteiger partial charge on any atom is -0.323 e. The number of rotatable bonds is 6. The van der Waals surface area contributed by atoms with Crippen LogP contribution in [0, 0.1) is 0 Å². The Hall–Kier alpha value is -0.0700. The van der Waals surface area contributed by atoms with Crippen LogP contribution >= 0.6 is 19.4 Å². The Kier molecular flexibility index (Phi) is 4.57. The van der Waals surface area contributed by atoms with E-state index in [0.717, 1.165) is 25.8 Å². The largest absolute Gasteiger partial charge is 0.349 e.